The molecule has 2 aromatic carbocycles. The Bertz CT molecular complexity index is 1710. The summed E-state index contributed by atoms with van der Waals surface area (Å²) in [5.41, 5.74) is 4.98. The molecule has 1 saturated heterocycles. The van der Waals surface area contributed by atoms with Gasteiger partial charge in [-0.25, -0.2) is 0 Å². The van der Waals surface area contributed by atoms with Crippen LogP contribution >= 0.6 is 12.2 Å². The van der Waals surface area contributed by atoms with Crippen molar-refractivity contribution in [2.75, 3.05) is 24.4 Å². The molecule has 0 spiro atoms. The highest BCUT2D eigenvalue weighted by molar-refractivity contribution is 7.80. The van der Waals surface area contributed by atoms with E-state index in [1.807, 2.05) is 59.7 Å². The molecule has 43 heavy (non-hydrogen) atoms. The summed E-state index contributed by atoms with van der Waals surface area (Å²) in [5, 5.41) is 18.9. The first-order valence-electron chi connectivity index (χ1n) is 13.7. The van der Waals surface area contributed by atoms with Crippen LogP contribution in [0.4, 0.5) is 17.1 Å². The molecule has 2 atom stereocenters. The van der Waals surface area contributed by atoms with E-state index in [9.17, 15) is 14.9 Å². The highest BCUT2D eigenvalue weighted by atomic mass is 32.1. The van der Waals surface area contributed by atoms with Gasteiger partial charge in [0.15, 0.2) is 5.11 Å². The van der Waals surface area contributed by atoms with Crippen molar-refractivity contribution in [3.63, 3.8) is 0 Å². The average molecular weight is 601 g/mol. The van der Waals surface area contributed by atoms with Crippen molar-refractivity contribution in [1.29, 1.82) is 0 Å². The zero-order valence-corrected chi connectivity index (χ0v) is 25.3. The molecule has 3 heterocycles. The molecule has 1 amide bonds. The Morgan fingerprint density at radius 3 is 2.56 bits per heavy atom. The molecule has 2 aromatic heterocycles. The molecule has 0 aliphatic carbocycles. The molecule has 11 nitrogen and oxygen atoms in total. The van der Waals surface area contributed by atoms with Crippen LogP contribution in [0.1, 0.15) is 48.1 Å². The van der Waals surface area contributed by atoms with E-state index in [-0.39, 0.29) is 23.7 Å². The van der Waals surface area contributed by atoms with E-state index in [2.05, 4.69) is 15.6 Å². The van der Waals surface area contributed by atoms with Crippen LogP contribution < -0.4 is 25.0 Å². The van der Waals surface area contributed by atoms with Crippen LogP contribution in [0.25, 0.3) is 5.69 Å². The number of aryl methyl sites for hydroxylation is 1. The Kier molecular flexibility index (Phi) is 8.31. The number of carbonyl (C=O) groups is 1. The predicted molar refractivity (Wildman–Crippen MR) is 168 cm³/mol. The van der Waals surface area contributed by atoms with E-state index in [0.717, 1.165) is 28.3 Å². The molecule has 5 rings (SSSR count). The molecule has 1 aliphatic heterocycles. The number of nitrogens with zero attached hydrogens (tertiary/aromatic N) is 4. The van der Waals surface area contributed by atoms with Crippen molar-refractivity contribution < 1.29 is 19.2 Å². The smallest absolute Gasteiger partial charge is 0.296 e. The minimum Gasteiger partial charge on any atom is -0.496 e. The highest BCUT2D eigenvalue weighted by Crippen LogP contribution is 2.45. The molecule has 0 unspecified atom stereocenters. The van der Waals surface area contributed by atoms with E-state index in [4.69, 9.17) is 21.7 Å². The van der Waals surface area contributed by atoms with E-state index >= 15 is 0 Å². The summed E-state index contributed by atoms with van der Waals surface area (Å²) in [4.78, 5) is 30.4. The minimum atomic E-state index is -0.406. The Hall–Kier alpha value is -4.97. The number of benzene rings is 2. The lowest BCUT2D eigenvalue weighted by Crippen LogP contribution is -2.29. The number of hydrogen-bond acceptors (Lipinski definition) is 7. The second kappa shape index (κ2) is 12.1. The van der Waals surface area contributed by atoms with Gasteiger partial charge in [0.25, 0.3) is 5.69 Å². The molecule has 2 N–H and O–H groups in total. The number of pyridine rings is 1. The highest BCUT2D eigenvalue weighted by Gasteiger charge is 2.42. The number of amides is 1. The maximum Gasteiger partial charge on any atom is 0.296 e. The van der Waals surface area contributed by atoms with Gasteiger partial charge < -0.3 is 29.6 Å². The molecule has 1 fully saturated rings. The van der Waals surface area contributed by atoms with Gasteiger partial charge in [-0.3, -0.25) is 19.9 Å². The first-order chi connectivity index (χ1) is 20.7. The molecule has 4 aromatic rings. The number of aromatic nitrogens is 2. The van der Waals surface area contributed by atoms with Crippen LogP contribution in [0, 0.1) is 24.0 Å². The molecular weight excluding hydrogens is 568 g/mol. The molecule has 12 heteroatoms. The van der Waals surface area contributed by atoms with Gasteiger partial charge in [0.2, 0.25) is 5.91 Å². The normalized spacial score (nSPS) is 16.1. The molecule has 0 bridgehead atoms. The van der Waals surface area contributed by atoms with Crippen LogP contribution in [0.15, 0.2) is 66.9 Å². The monoisotopic (exact) mass is 600 g/mol. The lowest BCUT2D eigenvalue weighted by Gasteiger charge is -2.29. The van der Waals surface area contributed by atoms with Gasteiger partial charge in [-0.05, 0) is 74.1 Å². The number of carbonyl (C=O) groups excluding carboxylic acids is 1. The Balaban J connectivity index is 1.68. The first-order valence-corrected chi connectivity index (χ1v) is 14.1. The lowest BCUT2D eigenvalue weighted by atomic mass is 9.96. The van der Waals surface area contributed by atoms with E-state index < -0.39 is 4.92 Å². The zero-order chi connectivity index (χ0) is 30.8. The Labute approximate surface area is 254 Å². The lowest BCUT2D eigenvalue weighted by molar-refractivity contribution is -0.384. The van der Waals surface area contributed by atoms with Gasteiger partial charge in [-0.15, -0.1) is 0 Å². The van der Waals surface area contributed by atoms with Crippen LogP contribution in [0.3, 0.4) is 0 Å². The van der Waals surface area contributed by atoms with Gasteiger partial charge in [-0.1, -0.05) is 13.0 Å². The van der Waals surface area contributed by atoms with E-state index in [1.165, 1.54) is 13.2 Å². The number of thiocarbonyl (C=S) groups is 1. The number of hydrogen-bond donors (Lipinski definition) is 2. The van der Waals surface area contributed by atoms with E-state index in [1.54, 1.807) is 38.4 Å². The molecule has 1 aliphatic rings. The van der Waals surface area contributed by atoms with Crippen LogP contribution in [0.2, 0.25) is 0 Å². The second-order valence-corrected chi connectivity index (χ2v) is 10.4. The second-order valence-electron chi connectivity index (χ2n) is 10.1. The molecular formula is C31H32N6O5S. The van der Waals surface area contributed by atoms with Crippen molar-refractivity contribution in [1.82, 2.24) is 14.9 Å². The summed E-state index contributed by atoms with van der Waals surface area (Å²) < 4.78 is 12.8. The van der Waals surface area contributed by atoms with Crippen LogP contribution in [0.5, 0.6) is 11.5 Å². The summed E-state index contributed by atoms with van der Waals surface area (Å²) in [5.74, 6) is 0.761. The largest absolute Gasteiger partial charge is 0.496 e. The summed E-state index contributed by atoms with van der Waals surface area (Å²) >= 11 is 5.90. The maximum atomic E-state index is 12.1. The number of methoxy groups -OCH3 is 2. The van der Waals surface area contributed by atoms with Crippen molar-refractivity contribution in [2.24, 2.45) is 0 Å². The third-order valence-electron chi connectivity index (χ3n) is 7.57. The fourth-order valence-corrected chi connectivity index (χ4v) is 5.89. The van der Waals surface area contributed by atoms with Gasteiger partial charge in [-0.2, -0.15) is 0 Å². The predicted octanol–water partition coefficient (Wildman–Crippen LogP) is 5.94. The van der Waals surface area contributed by atoms with Gasteiger partial charge in [0.05, 0.1) is 48.7 Å². The van der Waals surface area contributed by atoms with E-state index in [0.29, 0.717) is 34.4 Å². The summed E-state index contributed by atoms with van der Waals surface area (Å²) in [6.45, 7) is 5.64. The average Bonchev–Trinajstić information content (AvgIpc) is 3.51. The number of nitro groups is 1. The molecule has 0 radical (unpaired) electrons. The summed E-state index contributed by atoms with van der Waals surface area (Å²) in [7, 11) is 3.02. The van der Waals surface area contributed by atoms with Crippen molar-refractivity contribution in [3.05, 3.63) is 99.6 Å². The SMILES string of the molecule is CCC(=O)Nc1ccc(N2C(=S)N[C@H](c3ccccn3)[C@@H]2c2cc(C)n(-c3ccc(OC)cc3[N+](=O)[O-])c2C)cc1OC. The Morgan fingerprint density at radius 2 is 1.91 bits per heavy atom. The third kappa shape index (κ3) is 5.48. The first kappa shape index (κ1) is 29.5. The Morgan fingerprint density at radius 1 is 1.12 bits per heavy atom. The van der Waals surface area contributed by atoms with Crippen molar-refractivity contribution >= 4 is 40.3 Å². The quantitative estimate of drug-likeness (QED) is 0.136. The number of nitrogens with one attached hydrogen (secondary N) is 2. The van der Waals surface area contributed by atoms with Gasteiger partial charge in [0, 0.05) is 35.8 Å². The number of ether oxygens (including phenoxy) is 2. The topological polar surface area (TPSA) is 124 Å². The number of anilines is 2. The van der Waals surface area contributed by atoms with Crippen molar-refractivity contribution in [3.8, 4) is 17.2 Å². The molecule has 0 saturated carbocycles. The summed E-state index contributed by atoms with van der Waals surface area (Å²) in [6, 6.07) is 17.4. The van der Waals surface area contributed by atoms with Crippen LogP contribution in [-0.2, 0) is 4.79 Å². The third-order valence-corrected chi connectivity index (χ3v) is 7.88. The standard InChI is InChI=1S/C31H32N6O5S/c1-6-28(38)33-23-12-10-20(16-27(23)42-5)36-30(29(34-31(36)43)24-9-7-8-14-32-24)22-15-18(2)35(19(22)3)25-13-11-21(41-4)17-26(25)37(39)40/h7-17,29-30H,6H2,1-5H3,(H,33,38)(H,34,43)/t29-,30+/m1/s1. The van der Waals surface area contributed by atoms with Gasteiger partial charge in [0.1, 0.15) is 17.2 Å². The van der Waals surface area contributed by atoms with Crippen LogP contribution in [-0.4, -0.2) is 39.7 Å². The fraction of sp³-hybridized carbons (Fsp3) is 0.258. The summed E-state index contributed by atoms with van der Waals surface area (Å²) in [6.07, 6.45) is 2.07. The molecule has 222 valence electrons. The van der Waals surface area contributed by atoms with Crippen molar-refractivity contribution in [2.45, 2.75) is 39.3 Å². The number of rotatable bonds is 9. The number of nitro benzene ring substituents is 1. The maximum absolute atomic E-state index is 12.1. The van der Waals surface area contributed by atoms with Gasteiger partial charge >= 0.3 is 0 Å². The fourth-order valence-electron chi connectivity index (χ4n) is 5.54. The minimum absolute atomic E-state index is 0.0691. The zero-order valence-electron chi connectivity index (χ0n) is 24.5.